The lowest BCUT2D eigenvalue weighted by Crippen LogP contribution is -2.26. The summed E-state index contributed by atoms with van der Waals surface area (Å²) < 4.78 is 0. The highest BCUT2D eigenvalue weighted by Gasteiger charge is 2.09. The fourth-order valence-electron chi connectivity index (χ4n) is 1.68. The maximum absolute atomic E-state index is 4.37. The molecule has 0 radical (unpaired) electrons. The van der Waals surface area contributed by atoms with E-state index in [1.807, 2.05) is 12.3 Å². The van der Waals surface area contributed by atoms with Gasteiger partial charge in [-0.3, -0.25) is 0 Å². The van der Waals surface area contributed by atoms with Crippen LogP contribution in [0, 0.1) is 0 Å². The number of aromatic nitrogens is 2. The molecule has 0 aromatic carbocycles. The fourth-order valence-corrected chi connectivity index (χ4v) is 1.68. The van der Waals surface area contributed by atoms with Crippen LogP contribution in [-0.4, -0.2) is 29.6 Å². The molecule has 0 aliphatic heterocycles. The van der Waals surface area contributed by atoms with Crippen molar-refractivity contribution in [3.63, 3.8) is 0 Å². The molecule has 94 valence electrons. The molecule has 0 aliphatic carbocycles. The highest BCUT2D eigenvalue weighted by atomic mass is 15.2. The first kappa shape index (κ1) is 13.6. The molecule has 1 aromatic heterocycles. The van der Waals surface area contributed by atoms with Crippen molar-refractivity contribution in [2.24, 2.45) is 0 Å². The third kappa shape index (κ3) is 4.15. The molecule has 4 nitrogen and oxygen atoms in total. The van der Waals surface area contributed by atoms with Crippen LogP contribution in [0.5, 0.6) is 0 Å². The highest BCUT2D eigenvalue weighted by Crippen LogP contribution is 2.15. The number of likely N-dealkylation sites (N-methyl/N-ethyl adjacent to an activating group) is 1. The van der Waals surface area contributed by atoms with Gasteiger partial charge in [-0.2, -0.15) is 0 Å². The van der Waals surface area contributed by atoms with Crippen LogP contribution < -0.4 is 10.2 Å². The van der Waals surface area contributed by atoms with Crippen LogP contribution in [-0.2, 0) is 6.54 Å². The van der Waals surface area contributed by atoms with E-state index in [1.165, 1.54) is 0 Å². The first-order valence-electron chi connectivity index (χ1n) is 6.18. The number of rotatable bonds is 8. The molecular weight excluding hydrogens is 212 g/mol. The molecule has 1 N–H and O–H groups in total. The highest BCUT2D eigenvalue weighted by molar-refractivity contribution is 5.45. The lowest BCUT2D eigenvalue weighted by atomic mass is 10.2. The predicted molar refractivity (Wildman–Crippen MR) is 72.1 cm³/mol. The summed E-state index contributed by atoms with van der Waals surface area (Å²) in [5.41, 5.74) is 1.14. The second kappa shape index (κ2) is 7.79. The van der Waals surface area contributed by atoms with Gasteiger partial charge in [-0.05, 0) is 19.9 Å². The minimum atomic E-state index is 0.814. The zero-order valence-electron chi connectivity index (χ0n) is 10.8. The average Bonchev–Trinajstić information content (AvgIpc) is 2.37. The van der Waals surface area contributed by atoms with E-state index in [0.29, 0.717) is 0 Å². The molecule has 0 bridgehead atoms. The number of hydrogen-bond acceptors (Lipinski definition) is 4. The molecule has 0 aliphatic rings. The van der Waals surface area contributed by atoms with Crippen molar-refractivity contribution in [3.05, 3.63) is 30.7 Å². The van der Waals surface area contributed by atoms with Crippen molar-refractivity contribution in [2.45, 2.75) is 26.8 Å². The van der Waals surface area contributed by atoms with Crippen LogP contribution in [0.1, 0.15) is 25.8 Å². The van der Waals surface area contributed by atoms with Crippen LogP contribution in [0.2, 0.25) is 0 Å². The Hall–Kier alpha value is -1.42. The van der Waals surface area contributed by atoms with Gasteiger partial charge in [0.25, 0.3) is 0 Å². The van der Waals surface area contributed by atoms with E-state index in [4.69, 9.17) is 0 Å². The molecule has 0 saturated carbocycles. The summed E-state index contributed by atoms with van der Waals surface area (Å²) >= 11 is 0. The molecule has 0 atom stereocenters. The van der Waals surface area contributed by atoms with Crippen molar-refractivity contribution in [2.75, 3.05) is 24.5 Å². The third-order valence-corrected chi connectivity index (χ3v) is 2.54. The van der Waals surface area contributed by atoms with E-state index in [2.05, 4.69) is 40.6 Å². The van der Waals surface area contributed by atoms with Gasteiger partial charge in [-0.1, -0.05) is 13.0 Å². The Balaban J connectivity index is 2.77. The summed E-state index contributed by atoms with van der Waals surface area (Å²) in [5.74, 6) is 1.01. The Bertz CT molecular complexity index is 338. The number of hydrogen-bond donors (Lipinski definition) is 1. The van der Waals surface area contributed by atoms with E-state index >= 15 is 0 Å². The van der Waals surface area contributed by atoms with Gasteiger partial charge in [0, 0.05) is 31.4 Å². The van der Waals surface area contributed by atoms with Crippen molar-refractivity contribution < 1.29 is 0 Å². The van der Waals surface area contributed by atoms with Gasteiger partial charge in [0.1, 0.15) is 12.1 Å². The van der Waals surface area contributed by atoms with E-state index in [0.717, 1.165) is 44.0 Å². The van der Waals surface area contributed by atoms with Crippen molar-refractivity contribution >= 4 is 5.82 Å². The maximum Gasteiger partial charge on any atom is 0.136 e. The minimum absolute atomic E-state index is 0.814. The van der Waals surface area contributed by atoms with E-state index in [-0.39, 0.29) is 0 Å². The molecule has 1 rings (SSSR count). The molecule has 0 unspecified atom stereocenters. The van der Waals surface area contributed by atoms with E-state index in [1.54, 1.807) is 6.33 Å². The Morgan fingerprint density at radius 2 is 2.29 bits per heavy atom. The maximum atomic E-state index is 4.37. The lowest BCUT2D eigenvalue weighted by Gasteiger charge is -2.22. The molecule has 1 aromatic rings. The summed E-state index contributed by atoms with van der Waals surface area (Å²) in [6.07, 6.45) is 6.52. The van der Waals surface area contributed by atoms with Gasteiger partial charge < -0.3 is 10.2 Å². The summed E-state index contributed by atoms with van der Waals surface area (Å²) in [6, 6.07) is 0. The molecule has 4 heteroatoms. The Labute approximate surface area is 104 Å². The standard InChI is InChI=1S/C13H22N4/c1-4-7-14-9-12-10-15-11-16-13(12)17(6-3)8-5-2/h5,10-11,14H,2,4,6-9H2,1,3H3. The largest absolute Gasteiger partial charge is 0.353 e. The van der Waals surface area contributed by atoms with E-state index < -0.39 is 0 Å². The van der Waals surface area contributed by atoms with Crippen LogP contribution in [0.15, 0.2) is 25.2 Å². The van der Waals surface area contributed by atoms with Gasteiger partial charge >= 0.3 is 0 Å². The zero-order valence-corrected chi connectivity index (χ0v) is 10.8. The molecule has 0 fully saturated rings. The van der Waals surface area contributed by atoms with Gasteiger partial charge in [0.15, 0.2) is 0 Å². The van der Waals surface area contributed by atoms with Crippen molar-refractivity contribution in [1.29, 1.82) is 0 Å². The Morgan fingerprint density at radius 3 is 2.94 bits per heavy atom. The monoisotopic (exact) mass is 234 g/mol. The first-order chi connectivity index (χ1) is 8.33. The lowest BCUT2D eigenvalue weighted by molar-refractivity contribution is 0.669. The average molecular weight is 234 g/mol. The molecule has 0 amide bonds. The van der Waals surface area contributed by atoms with Crippen LogP contribution in [0.3, 0.4) is 0 Å². The zero-order chi connectivity index (χ0) is 12.5. The number of nitrogens with one attached hydrogen (secondary N) is 1. The molecule has 1 heterocycles. The minimum Gasteiger partial charge on any atom is -0.353 e. The fraction of sp³-hybridized carbons (Fsp3) is 0.538. The van der Waals surface area contributed by atoms with Gasteiger partial charge in [-0.15, -0.1) is 6.58 Å². The third-order valence-electron chi connectivity index (χ3n) is 2.54. The molecule has 0 spiro atoms. The summed E-state index contributed by atoms with van der Waals surface area (Å²) in [5, 5.41) is 3.38. The SMILES string of the molecule is C=CCN(CC)c1ncncc1CNCCC. The predicted octanol–water partition coefficient (Wildman–Crippen LogP) is 1.99. The quantitative estimate of drug-likeness (QED) is 0.551. The van der Waals surface area contributed by atoms with Gasteiger partial charge in [0.2, 0.25) is 0 Å². The second-order valence-electron chi connectivity index (χ2n) is 3.88. The van der Waals surface area contributed by atoms with Gasteiger partial charge in [0.05, 0.1) is 0 Å². The van der Waals surface area contributed by atoms with Crippen LogP contribution in [0.25, 0.3) is 0 Å². The number of anilines is 1. The molecule has 0 saturated heterocycles. The molecule has 17 heavy (non-hydrogen) atoms. The van der Waals surface area contributed by atoms with Crippen LogP contribution in [0.4, 0.5) is 5.82 Å². The van der Waals surface area contributed by atoms with E-state index in [9.17, 15) is 0 Å². The number of nitrogens with zero attached hydrogens (tertiary/aromatic N) is 3. The summed E-state index contributed by atoms with van der Waals surface area (Å²) in [4.78, 5) is 10.7. The molecular formula is C13H22N4. The summed E-state index contributed by atoms with van der Waals surface area (Å²) in [6.45, 7) is 11.6. The topological polar surface area (TPSA) is 41.1 Å². The van der Waals surface area contributed by atoms with Crippen molar-refractivity contribution in [3.8, 4) is 0 Å². The first-order valence-corrected chi connectivity index (χ1v) is 6.18. The van der Waals surface area contributed by atoms with Crippen molar-refractivity contribution in [1.82, 2.24) is 15.3 Å². The normalized spacial score (nSPS) is 10.2. The Morgan fingerprint density at radius 1 is 1.47 bits per heavy atom. The van der Waals surface area contributed by atoms with Gasteiger partial charge in [-0.25, -0.2) is 9.97 Å². The Kier molecular flexibility index (Phi) is 6.25. The summed E-state index contributed by atoms with van der Waals surface area (Å²) in [7, 11) is 0. The van der Waals surface area contributed by atoms with Crippen LogP contribution >= 0.6 is 0 Å². The second-order valence-corrected chi connectivity index (χ2v) is 3.88. The smallest absolute Gasteiger partial charge is 0.136 e.